The van der Waals surface area contributed by atoms with Crippen LogP contribution in [0.5, 0.6) is 0 Å². The van der Waals surface area contributed by atoms with Crippen molar-refractivity contribution in [2.24, 2.45) is 0 Å². The summed E-state index contributed by atoms with van der Waals surface area (Å²) in [6.07, 6.45) is 0.986. The molecular weight excluding hydrogens is 343 g/mol. The number of hydrogen-bond donors (Lipinski definition) is 1. The molecule has 0 saturated carbocycles. The van der Waals surface area contributed by atoms with E-state index < -0.39 is 27.8 Å². The van der Waals surface area contributed by atoms with Crippen LogP contribution in [0.3, 0.4) is 0 Å². The Morgan fingerprint density at radius 3 is 2.40 bits per heavy atom. The Kier molecular flexibility index (Phi) is 5.47. The molecule has 1 N–H and O–H groups in total. The Morgan fingerprint density at radius 2 is 1.80 bits per heavy atom. The highest BCUT2D eigenvalue weighted by Crippen LogP contribution is 2.23. The maximum absolute atomic E-state index is 13.5. The third-order valence-electron chi connectivity index (χ3n) is 4.01. The molecule has 1 atom stereocenters. The predicted molar refractivity (Wildman–Crippen MR) is 97.7 cm³/mol. The van der Waals surface area contributed by atoms with E-state index in [-0.39, 0.29) is 5.69 Å². The summed E-state index contributed by atoms with van der Waals surface area (Å²) in [4.78, 5) is 12.6. The van der Waals surface area contributed by atoms with E-state index in [0.717, 1.165) is 27.8 Å². The SMILES string of the molecule is Cc1cccc(NC(=O)C(C)N(c2cccc(F)c2)S(C)(=O)=O)c1C. The first-order chi connectivity index (χ1) is 11.6. The van der Waals surface area contributed by atoms with Gasteiger partial charge in [0, 0.05) is 5.69 Å². The van der Waals surface area contributed by atoms with E-state index >= 15 is 0 Å². The summed E-state index contributed by atoms with van der Waals surface area (Å²) in [6, 6.07) is 9.59. The number of sulfonamides is 1. The molecule has 0 heterocycles. The summed E-state index contributed by atoms with van der Waals surface area (Å²) >= 11 is 0. The summed E-state index contributed by atoms with van der Waals surface area (Å²) in [5.41, 5.74) is 2.63. The Labute approximate surface area is 147 Å². The molecule has 5 nitrogen and oxygen atoms in total. The molecule has 0 radical (unpaired) electrons. The molecule has 0 saturated heterocycles. The van der Waals surface area contributed by atoms with Crippen molar-refractivity contribution >= 4 is 27.3 Å². The van der Waals surface area contributed by atoms with Crippen LogP contribution in [0, 0.1) is 19.7 Å². The van der Waals surface area contributed by atoms with Crippen LogP contribution >= 0.6 is 0 Å². The van der Waals surface area contributed by atoms with E-state index in [4.69, 9.17) is 0 Å². The Bertz CT molecular complexity index is 897. The normalized spacial score (nSPS) is 12.5. The highest BCUT2D eigenvalue weighted by Gasteiger charge is 2.29. The summed E-state index contributed by atoms with van der Waals surface area (Å²) in [5, 5.41) is 2.75. The molecule has 1 unspecified atom stereocenters. The number of nitrogens with zero attached hydrogens (tertiary/aromatic N) is 1. The lowest BCUT2D eigenvalue weighted by Crippen LogP contribution is -2.45. The second kappa shape index (κ2) is 7.23. The number of aryl methyl sites for hydroxylation is 1. The van der Waals surface area contributed by atoms with Crippen molar-refractivity contribution in [3.63, 3.8) is 0 Å². The second-order valence-electron chi connectivity index (χ2n) is 5.95. The van der Waals surface area contributed by atoms with Crippen molar-refractivity contribution in [2.75, 3.05) is 15.9 Å². The molecule has 2 aromatic rings. The van der Waals surface area contributed by atoms with Gasteiger partial charge in [-0.2, -0.15) is 0 Å². The Morgan fingerprint density at radius 1 is 1.16 bits per heavy atom. The molecule has 0 aliphatic heterocycles. The van der Waals surface area contributed by atoms with Crippen LogP contribution in [0.15, 0.2) is 42.5 Å². The van der Waals surface area contributed by atoms with E-state index in [9.17, 15) is 17.6 Å². The zero-order valence-electron chi connectivity index (χ0n) is 14.6. The quantitative estimate of drug-likeness (QED) is 0.886. The van der Waals surface area contributed by atoms with Gasteiger partial charge in [0.2, 0.25) is 15.9 Å². The van der Waals surface area contributed by atoms with Crippen molar-refractivity contribution in [1.29, 1.82) is 0 Å². The lowest BCUT2D eigenvalue weighted by atomic mass is 10.1. The fourth-order valence-electron chi connectivity index (χ4n) is 2.55. The van der Waals surface area contributed by atoms with Gasteiger partial charge in [0.05, 0.1) is 11.9 Å². The highest BCUT2D eigenvalue weighted by molar-refractivity contribution is 7.92. The first kappa shape index (κ1) is 18.9. The number of carbonyl (C=O) groups is 1. The van der Waals surface area contributed by atoms with Gasteiger partial charge in [-0.1, -0.05) is 18.2 Å². The van der Waals surface area contributed by atoms with Gasteiger partial charge in [0.15, 0.2) is 0 Å². The lowest BCUT2D eigenvalue weighted by Gasteiger charge is -2.28. The van der Waals surface area contributed by atoms with E-state index in [2.05, 4.69) is 5.32 Å². The molecule has 0 aromatic heterocycles. The van der Waals surface area contributed by atoms with E-state index in [1.165, 1.54) is 25.1 Å². The van der Waals surface area contributed by atoms with Crippen LogP contribution in [0.25, 0.3) is 0 Å². The predicted octanol–water partition coefficient (Wildman–Crippen LogP) is 3.24. The molecule has 1 amide bonds. The number of halogens is 1. The topological polar surface area (TPSA) is 66.5 Å². The molecule has 0 bridgehead atoms. The fraction of sp³-hybridized carbons (Fsp3) is 0.278. The van der Waals surface area contributed by atoms with Crippen LogP contribution in [-0.2, 0) is 14.8 Å². The highest BCUT2D eigenvalue weighted by atomic mass is 32.2. The third-order valence-corrected chi connectivity index (χ3v) is 5.26. The number of hydrogen-bond acceptors (Lipinski definition) is 3. The molecule has 0 fully saturated rings. The van der Waals surface area contributed by atoms with E-state index in [0.29, 0.717) is 5.69 Å². The van der Waals surface area contributed by atoms with Crippen LogP contribution in [0.1, 0.15) is 18.1 Å². The third kappa shape index (κ3) is 4.36. The maximum atomic E-state index is 13.5. The summed E-state index contributed by atoms with van der Waals surface area (Å²) < 4.78 is 38.8. The summed E-state index contributed by atoms with van der Waals surface area (Å²) in [7, 11) is -3.78. The minimum absolute atomic E-state index is 0.103. The summed E-state index contributed by atoms with van der Waals surface area (Å²) in [5.74, 6) is -1.07. The molecular formula is C18H21FN2O3S. The second-order valence-corrected chi connectivity index (χ2v) is 7.81. The standard InChI is InChI=1S/C18H21FN2O3S/c1-12-7-5-10-17(13(12)2)20-18(22)14(3)21(25(4,23)24)16-9-6-8-15(19)11-16/h5-11,14H,1-4H3,(H,20,22). The Balaban J connectivity index is 2.35. The largest absolute Gasteiger partial charge is 0.324 e. The number of benzene rings is 2. The molecule has 2 rings (SSSR count). The average Bonchev–Trinajstić information content (AvgIpc) is 2.50. The van der Waals surface area contributed by atoms with Crippen LogP contribution < -0.4 is 9.62 Å². The van der Waals surface area contributed by atoms with Gasteiger partial charge in [-0.25, -0.2) is 12.8 Å². The van der Waals surface area contributed by atoms with Gasteiger partial charge in [-0.3, -0.25) is 9.10 Å². The summed E-state index contributed by atoms with van der Waals surface area (Å²) in [6.45, 7) is 5.26. The number of carbonyl (C=O) groups excluding carboxylic acids is 1. The first-order valence-electron chi connectivity index (χ1n) is 7.73. The minimum atomic E-state index is -3.78. The number of rotatable bonds is 5. The van der Waals surface area contributed by atoms with Crippen molar-refractivity contribution in [2.45, 2.75) is 26.8 Å². The molecule has 0 aliphatic carbocycles. The first-order valence-corrected chi connectivity index (χ1v) is 9.58. The van der Waals surface area contributed by atoms with Gasteiger partial charge in [0.1, 0.15) is 11.9 Å². The van der Waals surface area contributed by atoms with Crippen molar-refractivity contribution < 1.29 is 17.6 Å². The van der Waals surface area contributed by atoms with Crippen molar-refractivity contribution in [3.8, 4) is 0 Å². The lowest BCUT2D eigenvalue weighted by molar-refractivity contribution is -0.116. The van der Waals surface area contributed by atoms with Gasteiger partial charge in [-0.15, -0.1) is 0 Å². The number of anilines is 2. The van der Waals surface area contributed by atoms with Crippen molar-refractivity contribution in [3.05, 3.63) is 59.4 Å². The number of amides is 1. The van der Waals surface area contributed by atoms with Gasteiger partial charge < -0.3 is 5.32 Å². The van der Waals surface area contributed by atoms with Crippen LogP contribution in [0.2, 0.25) is 0 Å². The van der Waals surface area contributed by atoms with Gasteiger partial charge in [-0.05, 0) is 56.2 Å². The van der Waals surface area contributed by atoms with Gasteiger partial charge >= 0.3 is 0 Å². The van der Waals surface area contributed by atoms with Crippen LogP contribution in [0.4, 0.5) is 15.8 Å². The van der Waals surface area contributed by atoms with Gasteiger partial charge in [0.25, 0.3) is 0 Å². The molecule has 25 heavy (non-hydrogen) atoms. The average molecular weight is 364 g/mol. The fourth-order valence-corrected chi connectivity index (χ4v) is 3.71. The molecule has 7 heteroatoms. The van der Waals surface area contributed by atoms with E-state index in [1.807, 2.05) is 26.0 Å². The number of nitrogens with one attached hydrogen (secondary N) is 1. The smallest absolute Gasteiger partial charge is 0.248 e. The maximum Gasteiger partial charge on any atom is 0.248 e. The monoisotopic (exact) mass is 364 g/mol. The molecule has 0 aliphatic rings. The minimum Gasteiger partial charge on any atom is -0.324 e. The van der Waals surface area contributed by atoms with Crippen LogP contribution in [-0.4, -0.2) is 26.6 Å². The molecule has 0 spiro atoms. The van der Waals surface area contributed by atoms with Crippen molar-refractivity contribution in [1.82, 2.24) is 0 Å². The Hall–Kier alpha value is -2.41. The molecule has 134 valence electrons. The zero-order valence-corrected chi connectivity index (χ0v) is 15.4. The zero-order chi connectivity index (χ0) is 18.8. The van der Waals surface area contributed by atoms with E-state index in [1.54, 1.807) is 6.07 Å². The molecule has 2 aromatic carbocycles.